The van der Waals surface area contributed by atoms with Gasteiger partial charge >= 0.3 is 0 Å². The van der Waals surface area contributed by atoms with E-state index < -0.39 is 0 Å². The fourth-order valence-electron chi connectivity index (χ4n) is 1.35. The van der Waals surface area contributed by atoms with Gasteiger partial charge in [-0.15, -0.1) is 12.3 Å². The molecule has 14 heavy (non-hydrogen) atoms. The predicted octanol–water partition coefficient (Wildman–Crippen LogP) is 2.85. The van der Waals surface area contributed by atoms with E-state index in [4.69, 9.17) is 0 Å². The monoisotopic (exact) mass is 191 g/mol. The molecule has 1 saturated heterocycles. The van der Waals surface area contributed by atoms with Crippen molar-refractivity contribution in [1.82, 2.24) is 4.90 Å². The maximum atomic E-state index is 4.60. The molecule has 78 valence electrons. The molecule has 0 bridgehead atoms. The van der Waals surface area contributed by atoms with Gasteiger partial charge in [-0.1, -0.05) is 18.7 Å². The first-order valence-corrected chi connectivity index (χ1v) is 5.05. The van der Waals surface area contributed by atoms with Crippen LogP contribution in [0.4, 0.5) is 0 Å². The SMILES string of the molecule is C#CC.C=C(C)C(=C)CN1CCCC1. The van der Waals surface area contributed by atoms with Gasteiger partial charge in [0.2, 0.25) is 0 Å². The third-order valence-corrected chi connectivity index (χ3v) is 2.22. The highest BCUT2D eigenvalue weighted by atomic mass is 15.1. The van der Waals surface area contributed by atoms with Gasteiger partial charge in [0.25, 0.3) is 0 Å². The second kappa shape index (κ2) is 7.41. The summed E-state index contributed by atoms with van der Waals surface area (Å²) in [6.45, 7) is 15.0. The van der Waals surface area contributed by atoms with Crippen LogP contribution >= 0.6 is 0 Å². The summed E-state index contributed by atoms with van der Waals surface area (Å²) in [5.74, 6) is 2.25. The molecule has 0 amide bonds. The molecule has 0 N–H and O–H groups in total. The van der Waals surface area contributed by atoms with Crippen molar-refractivity contribution in [1.29, 1.82) is 0 Å². The van der Waals surface area contributed by atoms with Gasteiger partial charge in [-0.05, 0) is 45.4 Å². The lowest BCUT2D eigenvalue weighted by Gasteiger charge is -2.15. The first-order chi connectivity index (χ1) is 6.61. The molecular weight excluding hydrogens is 170 g/mol. The summed E-state index contributed by atoms with van der Waals surface area (Å²) in [7, 11) is 0. The van der Waals surface area contributed by atoms with Crippen LogP contribution in [0.1, 0.15) is 26.7 Å². The number of terminal acetylenes is 1. The Kier molecular flexibility index (Phi) is 6.88. The van der Waals surface area contributed by atoms with Gasteiger partial charge in [-0.2, -0.15) is 0 Å². The first kappa shape index (κ1) is 13.0. The first-order valence-electron chi connectivity index (χ1n) is 5.05. The van der Waals surface area contributed by atoms with Crippen LogP contribution in [0, 0.1) is 12.3 Å². The van der Waals surface area contributed by atoms with Crippen molar-refractivity contribution in [2.45, 2.75) is 26.7 Å². The van der Waals surface area contributed by atoms with E-state index in [1.165, 1.54) is 31.5 Å². The van der Waals surface area contributed by atoms with Crippen molar-refractivity contribution >= 4 is 0 Å². The minimum absolute atomic E-state index is 1.02. The van der Waals surface area contributed by atoms with E-state index in [-0.39, 0.29) is 0 Å². The van der Waals surface area contributed by atoms with E-state index in [0.717, 1.165) is 12.1 Å². The molecule has 1 fully saturated rings. The Balaban J connectivity index is 0.000000500. The number of rotatable bonds is 3. The number of hydrogen-bond acceptors (Lipinski definition) is 1. The zero-order chi connectivity index (χ0) is 11.0. The third kappa shape index (κ3) is 5.61. The molecule has 1 heterocycles. The molecule has 1 rings (SSSR count). The Labute approximate surface area is 88.5 Å². The molecule has 0 spiro atoms. The van der Waals surface area contributed by atoms with Crippen LogP contribution in [0.15, 0.2) is 24.3 Å². The lowest BCUT2D eigenvalue weighted by atomic mass is 10.1. The molecule has 1 aliphatic heterocycles. The fraction of sp³-hybridized carbons (Fsp3) is 0.538. The van der Waals surface area contributed by atoms with Gasteiger partial charge in [0, 0.05) is 6.54 Å². The van der Waals surface area contributed by atoms with Gasteiger partial charge in [0.1, 0.15) is 0 Å². The molecule has 0 atom stereocenters. The van der Waals surface area contributed by atoms with Crippen molar-refractivity contribution in [3.8, 4) is 12.3 Å². The Bertz CT molecular complexity index is 226. The number of hydrogen-bond donors (Lipinski definition) is 0. The molecule has 1 aliphatic rings. The molecule has 0 aromatic rings. The highest BCUT2D eigenvalue weighted by Crippen LogP contribution is 2.12. The highest BCUT2D eigenvalue weighted by molar-refractivity contribution is 5.24. The summed E-state index contributed by atoms with van der Waals surface area (Å²) in [5, 5.41) is 0. The lowest BCUT2D eigenvalue weighted by molar-refractivity contribution is 0.370. The van der Waals surface area contributed by atoms with E-state index in [1.807, 2.05) is 6.92 Å². The Hall–Kier alpha value is -1.00. The van der Waals surface area contributed by atoms with Crippen molar-refractivity contribution < 1.29 is 0 Å². The Morgan fingerprint density at radius 3 is 2.14 bits per heavy atom. The second-order valence-electron chi connectivity index (χ2n) is 3.66. The molecular formula is C13H21N. The molecule has 0 unspecified atom stereocenters. The van der Waals surface area contributed by atoms with Crippen molar-refractivity contribution in [3.05, 3.63) is 24.3 Å². The second-order valence-corrected chi connectivity index (χ2v) is 3.66. The standard InChI is InChI=1S/C10H17N.C3H4/c1-9(2)10(3)8-11-6-4-5-7-11;1-3-2/h1,3-8H2,2H3;1H,2H3. The molecule has 0 aromatic heterocycles. The van der Waals surface area contributed by atoms with Crippen LogP contribution in [-0.4, -0.2) is 24.5 Å². The van der Waals surface area contributed by atoms with Gasteiger partial charge in [0.05, 0.1) is 0 Å². The van der Waals surface area contributed by atoms with E-state index in [9.17, 15) is 0 Å². The maximum absolute atomic E-state index is 4.60. The minimum Gasteiger partial charge on any atom is -0.299 e. The summed E-state index contributed by atoms with van der Waals surface area (Å²) < 4.78 is 0. The Morgan fingerprint density at radius 1 is 1.36 bits per heavy atom. The van der Waals surface area contributed by atoms with Crippen LogP contribution < -0.4 is 0 Å². The summed E-state index contributed by atoms with van der Waals surface area (Å²) >= 11 is 0. The van der Waals surface area contributed by atoms with Gasteiger partial charge in [0.15, 0.2) is 0 Å². The fourth-order valence-corrected chi connectivity index (χ4v) is 1.35. The normalized spacial score (nSPS) is 15.2. The average molecular weight is 191 g/mol. The van der Waals surface area contributed by atoms with Crippen LogP contribution in [-0.2, 0) is 0 Å². The molecule has 1 heteroatoms. The minimum atomic E-state index is 1.02. The summed E-state index contributed by atoms with van der Waals surface area (Å²) in [5.41, 5.74) is 2.31. The van der Waals surface area contributed by atoms with Crippen LogP contribution in [0.2, 0.25) is 0 Å². The van der Waals surface area contributed by atoms with Crippen LogP contribution in [0.3, 0.4) is 0 Å². The molecule has 0 aliphatic carbocycles. The van der Waals surface area contributed by atoms with E-state index in [2.05, 4.69) is 30.4 Å². The topological polar surface area (TPSA) is 3.24 Å². The zero-order valence-electron chi connectivity index (χ0n) is 9.47. The summed E-state index contributed by atoms with van der Waals surface area (Å²) in [4.78, 5) is 2.44. The lowest BCUT2D eigenvalue weighted by Crippen LogP contribution is -2.21. The van der Waals surface area contributed by atoms with E-state index in [1.54, 1.807) is 6.92 Å². The average Bonchev–Trinajstić information content (AvgIpc) is 2.58. The third-order valence-electron chi connectivity index (χ3n) is 2.22. The smallest absolute Gasteiger partial charge is 0.0230 e. The van der Waals surface area contributed by atoms with Crippen LogP contribution in [0.25, 0.3) is 0 Å². The van der Waals surface area contributed by atoms with Crippen molar-refractivity contribution in [2.24, 2.45) is 0 Å². The van der Waals surface area contributed by atoms with Gasteiger partial charge < -0.3 is 0 Å². The quantitative estimate of drug-likeness (QED) is 0.490. The predicted molar refractivity (Wildman–Crippen MR) is 64.1 cm³/mol. The van der Waals surface area contributed by atoms with Crippen molar-refractivity contribution in [2.75, 3.05) is 19.6 Å². The number of nitrogens with zero attached hydrogens (tertiary/aromatic N) is 1. The summed E-state index contributed by atoms with van der Waals surface area (Å²) in [6, 6.07) is 0. The Morgan fingerprint density at radius 2 is 1.79 bits per heavy atom. The highest BCUT2D eigenvalue weighted by Gasteiger charge is 2.11. The molecule has 0 aromatic carbocycles. The van der Waals surface area contributed by atoms with E-state index in [0.29, 0.717) is 0 Å². The summed E-state index contributed by atoms with van der Waals surface area (Å²) in [6.07, 6.45) is 7.30. The van der Waals surface area contributed by atoms with Gasteiger partial charge in [-0.3, -0.25) is 4.90 Å². The zero-order valence-corrected chi connectivity index (χ0v) is 9.47. The number of likely N-dealkylation sites (tertiary alicyclic amines) is 1. The van der Waals surface area contributed by atoms with Gasteiger partial charge in [-0.25, -0.2) is 0 Å². The maximum Gasteiger partial charge on any atom is 0.0230 e. The molecule has 0 saturated carbocycles. The van der Waals surface area contributed by atoms with Crippen LogP contribution in [0.5, 0.6) is 0 Å². The van der Waals surface area contributed by atoms with E-state index >= 15 is 0 Å². The molecule has 1 nitrogen and oxygen atoms in total. The largest absolute Gasteiger partial charge is 0.299 e. The molecule has 0 radical (unpaired) electrons. The van der Waals surface area contributed by atoms with Crippen molar-refractivity contribution in [3.63, 3.8) is 0 Å².